The lowest BCUT2D eigenvalue weighted by molar-refractivity contribution is 0.199. The minimum Gasteiger partial charge on any atom is -0.496 e. The zero-order chi connectivity index (χ0) is 17.1. The fraction of sp³-hybridized carbons (Fsp3) is 0.222. The summed E-state index contributed by atoms with van der Waals surface area (Å²) < 4.78 is 5.32. The van der Waals surface area contributed by atoms with E-state index in [1.165, 1.54) is 6.33 Å². The molecule has 6 nitrogen and oxygen atoms in total. The first-order valence-electron chi connectivity index (χ1n) is 7.60. The third-order valence-corrected chi connectivity index (χ3v) is 3.84. The first-order chi connectivity index (χ1) is 11.6. The van der Waals surface area contributed by atoms with Gasteiger partial charge in [0.1, 0.15) is 17.9 Å². The Kier molecular flexibility index (Phi) is 4.59. The highest BCUT2D eigenvalue weighted by molar-refractivity contribution is 5.92. The molecule has 24 heavy (non-hydrogen) atoms. The lowest BCUT2D eigenvalue weighted by Gasteiger charge is -2.13. The SMILES string of the molecule is COc1cc2c(Nc3cccc(C(C)O)c3)ncnc2cc1CO. The molecule has 1 atom stereocenters. The van der Waals surface area contributed by atoms with Gasteiger partial charge in [-0.3, -0.25) is 0 Å². The molecule has 124 valence electrons. The van der Waals surface area contributed by atoms with Crippen molar-refractivity contribution in [3.8, 4) is 5.75 Å². The van der Waals surface area contributed by atoms with Crippen LogP contribution in [0.25, 0.3) is 10.9 Å². The summed E-state index contributed by atoms with van der Waals surface area (Å²) in [5, 5.41) is 23.2. The Hall–Kier alpha value is -2.70. The van der Waals surface area contributed by atoms with Crippen LogP contribution in [0, 0.1) is 0 Å². The molecule has 0 spiro atoms. The Morgan fingerprint density at radius 3 is 2.75 bits per heavy atom. The molecule has 1 heterocycles. The third kappa shape index (κ3) is 3.15. The molecule has 0 aliphatic carbocycles. The van der Waals surface area contributed by atoms with Crippen molar-refractivity contribution in [3.63, 3.8) is 0 Å². The van der Waals surface area contributed by atoms with Crippen LogP contribution in [0.15, 0.2) is 42.7 Å². The van der Waals surface area contributed by atoms with E-state index in [4.69, 9.17) is 4.74 Å². The van der Waals surface area contributed by atoms with Gasteiger partial charge < -0.3 is 20.3 Å². The number of anilines is 2. The molecule has 3 N–H and O–H groups in total. The van der Waals surface area contributed by atoms with Gasteiger partial charge in [0, 0.05) is 16.6 Å². The predicted molar refractivity (Wildman–Crippen MR) is 92.4 cm³/mol. The second kappa shape index (κ2) is 6.82. The molecule has 0 bridgehead atoms. The van der Waals surface area contributed by atoms with E-state index < -0.39 is 6.10 Å². The van der Waals surface area contributed by atoms with Crippen LogP contribution in [0.4, 0.5) is 11.5 Å². The number of hydrogen-bond acceptors (Lipinski definition) is 6. The van der Waals surface area contributed by atoms with Crippen LogP contribution in [0.1, 0.15) is 24.2 Å². The number of benzene rings is 2. The van der Waals surface area contributed by atoms with E-state index in [0.29, 0.717) is 22.6 Å². The van der Waals surface area contributed by atoms with E-state index in [2.05, 4.69) is 15.3 Å². The second-order valence-electron chi connectivity index (χ2n) is 5.49. The van der Waals surface area contributed by atoms with Crippen LogP contribution in [0.2, 0.25) is 0 Å². The highest BCUT2D eigenvalue weighted by Crippen LogP contribution is 2.30. The Bertz CT molecular complexity index is 865. The van der Waals surface area contributed by atoms with Gasteiger partial charge in [-0.05, 0) is 36.8 Å². The summed E-state index contributed by atoms with van der Waals surface area (Å²) in [7, 11) is 1.56. The van der Waals surface area contributed by atoms with E-state index in [-0.39, 0.29) is 6.61 Å². The van der Waals surface area contributed by atoms with Crippen molar-refractivity contribution in [2.45, 2.75) is 19.6 Å². The molecule has 0 aliphatic rings. The zero-order valence-electron chi connectivity index (χ0n) is 13.5. The molecule has 0 amide bonds. The quantitative estimate of drug-likeness (QED) is 0.668. The summed E-state index contributed by atoms with van der Waals surface area (Å²) in [6.45, 7) is 1.60. The van der Waals surface area contributed by atoms with Gasteiger partial charge in [-0.2, -0.15) is 0 Å². The number of aliphatic hydroxyl groups is 2. The lowest BCUT2D eigenvalue weighted by atomic mass is 10.1. The lowest BCUT2D eigenvalue weighted by Crippen LogP contribution is -1.99. The third-order valence-electron chi connectivity index (χ3n) is 3.84. The Labute approximate surface area is 139 Å². The van der Waals surface area contributed by atoms with Crippen molar-refractivity contribution < 1.29 is 14.9 Å². The topological polar surface area (TPSA) is 87.5 Å². The maximum Gasteiger partial charge on any atom is 0.141 e. The first-order valence-corrected chi connectivity index (χ1v) is 7.60. The fourth-order valence-electron chi connectivity index (χ4n) is 2.55. The van der Waals surface area contributed by atoms with Crippen LogP contribution in [0.5, 0.6) is 5.75 Å². The maximum absolute atomic E-state index is 9.72. The van der Waals surface area contributed by atoms with Crippen LogP contribution >= 0.6 is 0 Å². The van der Waals surface area contributed by atoms with E-state index >= 15 is 0 Å². The molecule has 1 unspecified atom stereocenters. The molecule has 2 aromatic carbocycles. The van der Waals surface area contributed by atoms with Gasteiger partial charge in [0.05, 0.1) is 25.3 Å². The monoisotopic (exact) mass is 325 g/mol. The number of ether oxygens (including phenoxy) is 1. The number of methoxy groups -OCH3 is 1. The van der Waals surface area contributed by atoms with E-state index in [1.54, 1.807) is 20.1 Å². The van der Waals surface area contributed by atoms with Crippen LogP contribution < -0.4 is 10.1 Å². The second-order valence-corrected chi connectivity index (χ2v) is 5.49. The molecule has 0 radical (unpaired) electrons. The highest BCUT2D eigenvalue weighted by Gasteiger charge is 2.11. The molecular weight excluding hydrogens is 306 g/mol. The van der Waals surface area contributed by atoms with Crippen LogP contribution in [0.3, 0.4) is 0 Å². The molecule has 6 heteroatoms. The molecule has 3 aromatic rings. The maximum atomic E-state index is 9.72. The molecule has 1 aromatic heterocycles. The van der Waals surface area contributed by atoms with E-state index in [0.717, 1.165) is 16.6 Å². The van der Waals surface area contributed by atoms with Gasteiger partial charge in [-0.1, -0.05) is 12.1 Å². The van der Waals surface area contributed by atoms with Gasteiger partial charge in [0.2, 0.25) is 0 Å². The summed E-state index contributed by atoms with van der Waals surface area (Å²) in [6.07, 6.45) is 0.928. The van der Waals surface area contributed by atoms with Crippen LogP contribution in [-0.4, -0.2) is 27.3 Å². The summed E-state index contributed by atoms with van der Waals surface area (Å²) in [6, 6.07) is 11.1. The molecular formula is C18H19N3O3. The molecule has 0 saturated carbocycles. The molecule has 3 rings (SSSR count). The fourth-order valence-corrected chi connectivity index (χ4v) is 2.55. The van der Waals surface area contributed by atoms with Gasteiger partial charge in [0.25, 0.3) is 0 Å². The number of hydrogen-bond donors (Lipinski definition) is 3. The number of rotatable bonds is 5. The van der Waals surface area contributed by atoms with E-state index in [9.17, 15) is 10.2 Å². The highest BCUT2D eigenvalue weighted by atomic mass is 16.5. The average Bonchev–Trinajstić information content (AvgIpc) is 2.61. The van der Waals surface area contributed by atoms with Crippen molar-refractivity contribution in [1.29, 1.82) is 0 Å². The smallest absolute Gasteiger partial charge is 0.141 e. The Balaban J connectivity index is 2.05. The molecule has 0 aliphatic heterocycles. The number of fused-ring (bicyclic) bond motifs is 1. The van der Waals surface area contributed by atoms with Crippen molar-refractivity contribution in [1.82, 2.24) is 9.97 Å². The minimum atomic E-state index is -0.541. The number of aromatic nitrogens is 2. The summed E-state index contributed by atoms with van der Waals surface area (Å²) >= 11 is 0. The van der Waals surface area contributed by atoms with Crippen molar-refractivity contribution in [2.75, 3.05) is 12.4 Å². The largest absolute Gasteiger partial charge is 0.496 e. The number of nitrogens with one attached hydrogen (secondary N) is 1. The van der Waals surface area contributed by atoms with Crippen LogP contribution in [-0.2, 0) is 6.61 Å². The normalized spacial score (nSPS) is 12.2. The van der Waals surface area contributed by atoms with Gasteiger partial charge in [-0.25, -0.2) is 9.97 Å². The predicted octanol–water partition coefficient (Wildman–Crippen LogP) is 2.93. The van der Waals surface area contributed by atoms with E-state index in [1.807, 2.05) is 30.3 Å². The van der Waals surface area contributed by atoms with Gasteiger partial charge in [0.15, 0.2) is 0 Å². The van der Waals surface area contributed by atoms with Crippen molar-refractivity contribution >= 4 is 22.4 Å². The average molecular weight is 325 g/mol. The molecule has 0 saturated heterocycles. The summed E-state index contributed by atoms with van der Waals surface area (Å²) in [5.74, 6) is 1.21. The standard InChI is InChI=1S/C18H19N3O3/c1-11(23)12-4-3-5-14(6-12)21-18-15-8-17(24-2)13(9-22)7-16(15)19-10-20-18/h3-8,10-11,22-23H,9H2,1-2H3,(H,19,20,21). The Morgan fingerprint density at radius 1 is 1.21 bits per heavy atom. The van der Waals surface area contributed by atoms with Gasteiger partial charge in [-0.15, -0.1) is 0 Å². The number of aliphatic hydroxyl groups excluding tert-OH is 2. The summed E-state index contributed by atoms with van der Waals surface area (Å²) in [5.41, 5.74) is 3.02. The van der Waals surface area contributed by atoms with Gasteiger partial charge >= 0.3 is 0 Å². The molecule has 0 fully saturated rings. The Morgan fingerprint density at radius 2 is 2.04 bits per heavy atom. The minimum absolute atomic E-state index is 0.123. The zero-order valence-corrected chi connectivity index (χ0v) is 13.5. The van der Waals surface area contributed by atoms with Crippen molar-refractivity contribution in [2.24, 2.45) is 0 Å². The number of nitrogens with zero attached hydrogens (tertiary/aromatic N) is 2. The first kappa shape index (κ1) is 16.2. The van der Waals surface area contributed by atoms with Crippen molar-refractivity contribution in [3.05, 3.63) is 53.9 Å². The summed E-state index contributed by atoms with van der Waals surface area (Å²) in [4.78, 5) is 8.56.